The van der Waals surface area contributed by atoms with Gasteiger partial charge in [-0.15, -0.1) is 0 Å². The minimum Gasteiger partial charge on any atom is -0.493 e. The Labute approximate surface area is 196 Å². The van der Waals surface area contributed by atoms with Gasteiger partial charge in [0.1, 0.15) is 12.4 Å². The predicted octanol–water partition coefficient (Wildman–Crippen LogP) is 5.62. The van der Waals surface area contributed by atoms with Gasteiger partial charge in [0.2, 0.25) is 0 Å². The highest BCUT2D eigenvalue weighted by molar-refractivity contribution is 9.10. The van der Waals surface area contributed by atoms with Gasteiger partial charge in [-0.2, -0.15) is 0 Å². The van der Waals surface area contributed by atoms with Crippen LogP contribution in [0.15, 0.2) is 65.1 Å². The third kappa shape index (κ3) is 5.72. The molecule has 0 radical (unpaired) electrons. The second kappa shape index (κ2) is 10.7. The standard InChI is InChI=1S/C25H26BrFN2O3/c1-30-24-14-19(23(26)15-25(24)32-17-18-2-4-20(27)5-3-18)16-28-21-6-8-22(9-7-21)29-10-12-31-13-11-29/h2-9,14-15,28H,10-13,16-17H2,1H3. The van der Waals surface area contributed by atoms with Crippen LogP contribution in [0, 0.1) is 5.82 Å². The lowest BCUT2D eigenvalue weighted by Crippen LogP contribution is -2.36. The van der Waals surface area contributed by atoms with E-state index in [1.54, 1.807) is 19.2 Å². The number of morpholine rings is 1. The van der Waals surface area contributed by atoms with Crippen LogP contribution >= 0.6 is 15.9 Å². The van der Waals surface area contributed by atoms with Gasteiger partial charge in [0.15, 0.2) is 11.5 Å². The fraction of sp³-hybridized carbons (Fsp3) is 0.280. The van der Waals surface area contributed by atoms with Crippen LogP contribution < -0.4 is 19.7 Å². The van der Waals surface area contributed by atoms with E-state index >= 15 is 0 Å². The molecule has 0 aliphatic carbocycles. The Bertz CT molecular complexity index is 1020. The highest BCUT2D eigenvalue weighted by Gasteiger charge is 2.12. The van der Waals surface area contributed by atoms with E-state index in [9.17, 15) is 4.39 Å². The molecule has 32 heavy (non-hydrogen) atoms. The number of ether oxygens (including phenoxy) is 3. The number of nitrogens with one attached hydrogen (secondary N) is 1. The van der Waals surface area contributed by atoms with Crippen LogP contribution in [0.4, 0.5) is 15.8 Å². The molecule has 1 saturated heterocycles. The minimum atomic E-state index is -0.262. The summed E-state index contributed by atoms with van der Waals surface area (Å²) in [6.45, 7) is 4.37. The summed E-state index contributed by atoms with van der Waals surface area (Å²) in [5.74, 6) is 1.01. The molecule has 1 aliphatic heterocycles. The van der Waals surface area contributed by atoms with Gasteiger partial charge in [0.25, 0.3) is 0 Å². The number of benzene rings is 3. The Morgan fingerprint density at radius 3 is 2.41 bits per heavy atom. The van der Waals surface area contributed by atoms with Crippen molar-refractivity contribution in [3.63, 3.8) is 0 Å². The number of rotatable bonds is 8. The second-order valence-electron chi connectivity index (χ2n) is 7.51. The Hall–Kier alpha value is -2.77. The van der Waals surface area contributed by atoms with Crippen LogP contribution in [0.5, 0.6) is 11.5 Å². The number of halogens is 2. The first-order valence-corrected chi connectivity index (χ1v) is 11.3. The zero-order valence-electron chi connectivity index (χ0n) is 17.9. The molecular weight excluding hydrogens is 475 g/mol. The van der Waals surface area contributed by atoms with Gasteiger partial charge >= 0.3 is 0 Å². The fourth-order valence-electron chi connectivity index (χ4n) is 3.54. The number of anilines is 2. The van der Waals surface area contributed by atoms with Crippen molar-refractivity contribution in [2.45, 2.75) is 13.2 Å². The normalized spacial score (nSPS) is 13.7. The molecule has 5 nitrogen and oxygen atoms in total. The summed E-state index contributed by atoms with van der Waals surface area (Å²) < 4.78 is 30.9. The molecule has 7 heteroatoms. The summed E-state index contributed by atoms with van der Waals surface area (Å²) >= 11 is 3.64. The van der Waals surface area contributed by atoms with E-state index in [4.69, 9.17) is 14.2 Å². The number of methoxy groups -OCH3 is 1. The van der Waals surface area contributed by atoms with Gasteiger partial charge in [-0.05, 0) is 59.7 Å². The van der Waals surface area contributed by atoms with Crippen LogP contribution in [-0.2, 0) is 17.9 Å². The second-order valence-corrected chi connectivity index (χ2v) is 8.36. The Morgan fingerprint density at radius 1 is 1.00 bits per heavy atom. The molecule has 0 amide bonds. The molecule has 0 bridgehead atoms. The van der Waals surface area contributed by atoms with Gasteiger partial charge in [-0.25, -0.2) is 4.39 Å². The van der Waals surface area contributed by atoms with E-state index in [1.807, 2.05) is 12.1 Å². The molecule has 0 atom stereocenters. The van der Waals surface area contributed by atoms with Crippen LogP contribution in [-0.4, -0.2) is 33.4 Å². The zero-order valence-corrected chi connectivity index (χ0v) is 19.5. The third-order valence-electron chi connectivity index (χ3n) is 5.37. The zero-order chi connectivity index (χ0) is 22.3. The van der Waals surface area contributed by atoms with Crippen molar-refractivity contribution in [1.82, 2.24) is 0 Å². The lowest BCUT2D eigenvalue weighted by molar-refractivity contribution is 0.122. The van der Waals surface area contributed by atoms with Gasteiger partial charge < -0.3 is 24.4 Å². The Morgan fingerprint density at radius 2 is 1.72 bits per heavy atom. The molecule has 3 aromatic carbocycles. The van der Waals surface area contributed by atoms with E-state index in [-0.39, 0.29) is 5.82 Å². The van der Waals surface area contributed by atoms with Gasteiger partial charge in [0, 0.05) is 35.5 Å². The molecule has 3 aromatic rings. The summed E-state index contributed by atoms with van der Waals surface area (Å²) in [5.41, 5.74) is 4.19. The van der Waals surface area contributed by atoms with Crippen LogP contribution in [0.2, 0.25) is 0 Å². The molecule has 1 heterocycles. The Kier molecular flexibility index (Phi) is 7.50. The van der Waals surface area contributed by atoms with Gasteiger partial charge in [-0.3, -0.25) is 0 Å². The maximum Gasteiger partial charge on any atom is 0.162 e. The first kappa shape index (κ1) is 22.4. The third-order valence-corrected chi connectivity index (χ3v) is 6.10. The molecule has 0 saturated carbocycles. The van der Waals surface area contributed by atoms with E-state index in [1.165, 1.54) is 17.8 Å². The van der Waals surface area contributed by atoms with Crippen molar-refractivity contribution in [3.05, 3.63) is 82.1 Å². The van der Waals surface area contributed by atoms with E-state index in [0.717, 1.165) is 47.6 Å². The predicted molar refractivity (Wildman–Crippen MR) is 128 cm³/mol. The number of hydrogen-bond acceptors (Lipinski definition) is 5. The molecule has 0 spiro atoms. The van der Waals surface area contributed by atoms with Crippen molar-refractivity contribution < 1.29 is 18.6 Å². The molecule has 0 unspecified atom stereocenters. The smallest absolute Gasteiger partial charge is 0.162 e. The average Bonchev–Trinajstić information content (AvgIpc) is 2.84. The largest absolute Gasteiger partial charge is 0.493 e. The molecule has 4 rings (SSSR count). The summed E-state index contributed by atoms with van der Waals surface area (Å²) in [5, 5.41) is 3.46. The maximum atomic E-state index is 13.1. The molecule has 1 fully saturated rings. The van der Waals surface area contributed by atoms with Crippen molar-refractivity contribution in [2.75, 3.05) is 43.6 Å². The number of hydrogen-bond donors (Lipinski definition) is 1. The first-order valence-electron chi connectivity index (χ1n) is 10.5. The van der Waals surface area contributed by atoms with Crippen molar-refractivity contribution in [1.29, 1.82) is 0 Å². The van der Waals surface area contributed by atoms with Crippen LogP contribution in [0.25, 0.3) is 0 Å². The minimum absolute atomic E-state index is 0.262. The van der Waals surface area contributed by atoms with Crippen molar-refractivity contribution >= 4 is 27.3 Å². The maximum absolute atomic E-state index is 13.1. The SMILES string of the molecule is COc1cc(CNc2ccc(N3CCOCC3)cc2)c(Br)cc1OCc1ccc(F)cc1. The molecular formula is C25H26BrFN2O3. The van der Waals surface area contributed by atoms with E-state index < -0.39 is 0 Å². The molecule has 1 N–H and O–H groups in total. The van der Waals surface area contributed by atoms with Crippen LogP contribution in [0.1, 0.15) is 11.1 Å². The lowest BCUT2D eigenvalue weighted by atomic mass is 10.2. The topological polar surface area (TPSA) is 43.0 Å². The molecule has 0 aromatic heterocycles. The molecule has 168 valence electrons. The summed E-state index contributed by atoms with van der Waals surface area (Å²) in [4.78, 5) is 2.33. The van der Waals surface area contributed by atoms with Gasteiger partial charge in [-0.1, -0.05) is 28.1 Å². The summed E-state index contributed by atoms with van der Waals surface area (Å²) in [7, 11) is 1.62. The van der Waals surface area contributed by atoms with Crippen molar-refractivity contribution in [2.24, 2.45) is 0 Å². The summed E-state index contributed by atoms with van der Waals surface area (Å²) in [6, 6.07) is 18.6. The fourth-order valence-corrected chi connectivity index (χ4v) is 4.00. The first-order chi connectivity index (χ1) is 15.6. The van der Waals surface area contributed by atoms with E-state index in [2.05, 4.69) is 50.4 Å². The highest BCUT2D eigenvalue weighted by atomic mass is 79.9. The quantitative estimate of drug-likeness (QED) is 0.434. The summed E-state index contributed by atoms with van der Waals surface area (Å²) in [6.07, 6.45) is 0. The Balaban J connectivity index is 1.38. The molecule has 1 aliphatic rings. The monoisotopic (exact) mass is 500 g/mol. The highest BCUT2D eigenvalue weighted by Crippen LogP contribution is 2.34. The average molecular weight is 501 g/mol. The van der Waals surface area contributed by atoms with Gasteiger partial charge in [0.05, 0.1) is 20.3 Å². The van der Waals surface area contributed by atoms with Crippen LogP contribution in [0.3, 0.4) is 0 Å². The number of nitrogens with zero attached hydrogens (tertiary/aromatic N) is 1. The van der Waals surface area contributed by atoms with E-state index in [0.29, 0.717) is 24.7 Å². The van der Waals surface area contributed by atoms with Crippen molar-refractivity contribution in [3.8, 4) is 11.5 Å². The lowest BCUT2D eigenvalue weighted by Gasteiger charge is -2.29.